The number of hydrogen-bond donors (Lipinski definition) is 0. The lowest BCUT2D eigenvalue weighted by molar-refractivity contribution is 0.578. The van der Waals surface area contributed by atoms with Gasteiger partial charge in [0.2, 0.25) is 0 Å². The lowest BCUT2D eigenvalue weighted by Gasteiger charge is -2.42. The van der Waals surface area contributed by atoms with E-state index in [1.54, 1.807) is 32.7 Å². The van der Waals surface area contributed by atoms with E-state index in [0.29, 0.717) is 8.58 Å². The lowest BCUT2D eigenvalue weighted by atomic mass is 9.71. The normalized spacial score (nSPS) is 22.7. The predicted octanol–water partition coefficient (Wildman–Crippen LogP) is 13.3. The SMILES string of the molecule is CC.CCC1=C(C2=C(C)[C@@]3(C)C[P@@]2C(c2ccccc2)=C3c2ccccc2)PC(c2ccccc2)=C(c2ccccc2)C1(C)C. The van der Waals surface area contributed by atoms with Crippen molar-refractivity contribution in [2.75, 3.05) is 6.16 Å². The Bertz CT molecular complexity index is 1810. The zero-order valence-corrected chi connectivity index (χ0v) is 29.8. The third kappa shape index (κ3) is 5.26. The van der Waals surface area contributed by atoms with Crippen LogP contribution < -0.4 is 0 Å². The molecule has 3 atom stereocenters. The maximum absolute atomic E-state index is 2.54. The van der Waals surface area contributed by atoms with Gasteiger partial charge in [-0.3, -0.25) is 0 Å². The topological polar surface area (TPSA) is 0 Å². The van der Waals surface area contributed by atoms with Gasteiger partial charge in [0.25, 0.3) is 0 Å². The van der Waals surface area contributed by atoms with Gasteiger partial charge in [-0.2, -0.15) is 0 Å². The molecule has 0 amide bonds. The molecule has 3 aliphatic rings. The van der Waals surface area contributed by atoms with Crippen LogP contribution in [0.5, 0.6) is 0 Å². The highest BCUT2D eigenvalue weighted by Gasteiger charge is 2.54. The van der Waals surface area contributed by atoms with Gasteiger partial charge in [0, 0.05) is 10.8 Å². The van der Waals surface area contributed by atoms with Crippen molar-refractivity contribution in [1.82, 2.24) is 0 Å². The molecule has 228 valence electrons. The average molecular weight is 625 g/mol. The molecule has 0 nitrogen and oxygen atoms in total. The van der Waals surface area contributed by atoms with Crippen molar-refractivity contribution >= 4 is 38.3 Å². The molecule has 3 aliphatic heterocycles. The van der Waals surface area contributed by atoms with Gasteiger partial charge >= 0.3 is 0 Å². The summed E-state index contributed by atoms with van der Waals surface area (Å²) >= 11 is 0. The molecule has 4 aromatic rings. The molecule has 0 saturated heterocycles. The maximum atomic E-state index is 2.54. The van der Waals surface area contributed by atoms with E-state index >= 15 is 0 Å². The summed E-state index contributed by atoms with van der Waals surface area (Å²) in [6, 6.07) is 44.9. The van der Waals surface area contributed by atoms with Crippen LogP contribution in [-0.4, -0.2) is 6.16 Å². The molecule has 1 unspecified atom stereocenters. The first-order valence-corrected chi connectivity index (χ1v) is 19.1. The zero-order valence-electron chi connectivity index (χ0n) is 27.9. The molecule has 0 saturated carbocycles. The third-order valence-electron chi connectivity index (χ3n) is 9.99. The molecule has 4 aromatic carbocycles. The fourth-order valence-corrected chi connectivity index (χ4v) is 14.3. The van der Waals surface area contributed by atoms with Gasteiger partial charge < -0.3 is 0 Å². The van der Waals surface area contributed by atoms with E-state index in [4.69, 9.17) is 0 Å². The Labute approximate surface area is 274 Å². The first-order valence-electron chi connectivity index (χ1n) is 16.6. The molecule has 45 heavy (non-hydrogen) atoms. The van der Waals surface area contributed by atoms with Crippen molar-refractivity contribution in [3.05, 3.63) is 165 Å². The Morgan fingerprint density at radius 3 is 1.51 bits per heavy atom. The van der Waals surface area contributed by atoms with E-state index in [-0.39, 0.29) is 10.8 Å². The predicted molar refractivity (Wildman–Crippen MR) is 203 cm³/mol. The first-order chi connectivity index (χ1) is 21.9. The highest BCUT2D eigenvalue weighted by molar-refractivity contribution is 7.75. The summed E-state index contributed by atoms with van der Waals surface area (Å²) in [5.74, 6) is 0. The standard InChI is InChI=1S/C41H40P2.C2H6/c1-6-33-37(42-36(31-23-15-9-16-24-31)34(40(33,3)4)29-19-11-7-12-20-29)38-28(2)41(5)27-43(38)39(32-25-17-10-18-26-32)35(41)30-21-13-8-14-22-30;1-2/h7-26,42H,6,27H2,1-5H3;1-2H3/t41-,43-;/m1./s1. The molecule has 0 aromatic heterocycles. The minimum Gasteiger partial charge on any atom is -0.0683 e. The Morgan fingerprint density at radius 1 is 0.578 bits per heavy atom. The summed E-state index contributed by atoms with van der Waals surface area (Å²) in [5.41, 5.74) is 11.8. The van der Waals surface area contributed by atoms with E-state index < -0.39 is 7.92 Å². The average Bonchev–Trinajstić information content (AvgIpc) is 3.53. The summed E-state index contributed by atoms with van der Waals surface area (Å²) < 4.78 is 0. The maximum Gasteiger partial charge on any atom is 0.0198 e. The monoisotopic (exact) mass is 624 g/mol. The molecule has 0 N–H and O–H groups in total. The Morgan fingerprint density at radius 2 is 1.02 bits per heavy atom. The van der Waals surface area contributed by atoms with Crippen LogP contribution in [0.3, 0.4) is 0 Å². The Hall–Kier alpha value is -3.30. The molecule has 0 aliphatic carbocycles. The second-order valence-electron chi connectivity index (χ2n) is 12.8. The van der Waals surface area contributed by atoms with Crippen LogP contribution in [0.1, 0.15) is 77.1 Å². The van der Waals surface area contributed by atoms with Gasteiger partial charge in [0.15, 0.2) is 0 Å². The molecule has 7 rings (SSSR count). The minimum atomic E-state index is -0.490. The van der Waals surface area contributed by atoms with Gasteiger partial charge in [-0.15, -0.1) is 0 Å². The molecule has 0 fully saturated rings. The minimum absolute atomic E-state index is 0.0460. The van der Waals surface area contributed by atoms with E-state index in [1.165, 1.54) is 39.3 Å². The second kappa shape index (κ2) is 12.8. The summed E-state index contributed by atoms with van der Waals surface area (Å²) in [5, 5.41) is 6.47. The summed E-state index contributed by atoms with van der Waals surface area (Å²) in [7, 11) is 0.148. The van der Waals surface area contributed by atoms with Gasteiger partial charge in [0.05, 0.1) is 0 Å². The van der Waals surface area contributed by atoms with E-state index in [0.717, 1.165) is 6.42 Å². The van der Waals surface area contributed by atoms with E-state index in [9.17, 15) is 0 Å². The molecular weight excluding hydrogens is 578 g/mol. The van der Waals surface area contributed by atoms with Crippen molar-refractivity contribution in [2.45, 2.75) is 54.9 Å². The van der Waals surface area contributed by atoms with Crippen LogP contribution in [-0.2, 0) is 0 Å². The van der Waals surface area contributed by atoms with Crippen LogP contribution in [0.4, 0.5) is 0 Å². The number of fused-ring (bicyclic) bond motifs is 2. The highest BCUT2D eigenvalue weighted by Crippen LogP contribution is 2.81. The molecular formula is C43H46P2. The number of benzene rings is 4. The molecule has 0 spiro atoms. The largest absolute Gasteiger partial charge is 0.0683 e. The fraction of sp³-hybridized carbons (Fsp3) is 0.256. The van der Waals surface area contributed by atoms with E-state index in [1.807, 2.05) is 13.8 Å². The smallest absolute Gasteiger partial charge is 0.0198 e. The lowest BCUT2D eigenvalue weighted by Crippen LogP contribution is -2.23. The summed E-state index contributed by atoms with van der Waals surface area (Å²) in [6.45, 7) is 16.4. The number of hydrogen-bond acceptors (Lipinski definition) is 0. The van der Waals surface area contributed by atoms with Crippen LogP contribution in [0, 0.1) is 10.8 Å². The van der Waals surface area contributed by atoms with Crippen molar-refractivity contribution in [1.29, 1.82) is 0 Å². The van der Waals surface area contributed by atoms with Crippen LogP contribution in [0.15, 0.2) is 143 Å². The van der Waals surface area contributed by atoms with Gasteiger partial charge in [0.1, 0.15) is 0 Å². The van der Waals surface area contributed by atoms with Crippen LogP contribution in [0.2, 0.25) is 0 Å². The number of rotatable bonds is 6. The Kier molecular flexibility index (Phi) is 9.03. The zero-order chi connectivity index (χ0) is 31.8. The van der Waals surface area contributed by atoms with Gasteiger partial charge in [-0.25, -0.2) is 0 Å². The van der Waals surface area contributed by atoms with Crippen molar-refractivity contribution in [3.63, 3.8) is 0 Å². The van der Waals surface area contributed by atoms with Crippen molar-refractivity contribution in [2.24, 2.45) is 10.8 Å². The molecule has 0 radical (unpaired) electrons. The van der Waals surface area contributed by atoms with Crippen LogP contribution in [0.25, 0.3) is 21.8 Å². The van der Waals surface area contributed by atoms with Gasteiger partial charge in [-0.05, 0) is 82.1 Å². The van der Waals surface area contributed by atoms with Gasteiger partial charge in [-0.1, -0.05) is 183 Å². The second-order valence-corrected chi connectivity index (χ2v) is 16.1. The quantitative estimate of drug-likeness (QED) is 0.187. The van der Waals surface area contributed by atoms with Crippen LogP contribution >= 0.6 is 16.5 Å². The molecule has 2 bridgehead atoms. The molecule has 2 heteroatoms. The number of allylic oxidation sites excluding steroid dienone is 6. The highest BCUT2D eigenvalue weighted by atomic mass is 31.1. The Balaban J connectivity index is 0.00000175. The third-order valence-corrected chi connectivity index (χ3v) is 14.9. The fourth-order valence-electron chi connectivity index (χ4n) is 7.90. The van der Waals surface area contributed by atoms with Crippen molar-refractivity contribution in [3.8, 4) is 0 Å². The van der Waals surface area contributed by atoms with Crippen molar-refractivity contribution < 1.29 is 0 Å². The molecule has 3 heterocycles. The van der Waals surface area contributed by atoms with E-state index in [2.05, 4.69) is 156 Å². The summed E-state index contributed by atoms with van der Waals surface area (Å²) in [4.78, 5) is 0. The summed E-state index contributed by atoms with van der Waals surface area (Å²) in [6.07, 6.45) is 2.29. The first kappa shape index (κ1) is 31.7.